The summed E-state index contributed by atoms with van der Waals surface area (Å²) in [6.45, 7) is -1.53. The van der Waals surface area contributed by atoms with Gasteiger partial charge in [0, 0.05) is 6.04 Å². The van der Waals surface area contributed by atoms with Crippen LogP contribution in [0.2, 0.25) is 0 Å². The third-order valence-corrected chi connectivity index (χ3v) is 1.64. The van der Waals surface area contributed by atoms with Gasteiger partial charge >= 0.3 is 18.3 Å². The van der Waals surface area contributed by atoms with E-state index in [1.807, 2.05) is 0 Å². The molecule has 116 valence electrons. The molecule has 0 bridgehead atoms. The van der Waals surface area contributed by atoms with E-state index in [0.717, 1.165) is 0 Å². The van der Waals surface area contributed by atoms with Crippen molar-refractivity contribution in [1.29, 1.82) is 0 Å². The van der Waals surface area contributed by atoms with Crippen LogP contribution < -0.4 is 11.1 Å². The number of alkyl halides is 6. The molecule has 4 nitrogen and oxygen atoms in total. The number of nitrogens with one attached hydrogen (secondary N) is 1. The number of hydrogen-bond donors (Lipinski definition) is 2. The molecule has 0 saturated heterocycles. The van der Waals surface area contributed by atoms with Crippen molar-refractivity contribution in [3.05, 3.63) is 0 Å². The van der Waals surface area contributed by atoms with Crippen molar-refractivity contribution in [2.75, 3.05) is 19.8 Å². The van der Waals surface area contributed by atoms with E-state index in [0.29, 0.717) is 0 Å². The molecule has 0 saturated carbocycles. The van der Waals surface area contributed by atoms with Crippen molar-refractivity contribution in [1.82, 2.24) is 5.32 Å². The summed E-state index contributed by atoms with van der Waals surface area (Å²) in [5.74, 6) is 0. The Labute approximate surface area is 106 Å². The zero-order chi connectivity index (χ0) is 15.3. The molecule has 0 rings (SSSR count). The third-order valence-electron chi connectivity index (χ3n) is 1.64. The first-order chi connectivity index (χ1) is 8.33. The molecule has 0 fully saturated rings. The van der Waals surface area contributed by atoms with Gasteiger partial charge in [0.05, 0.1) is 6.54 Å². The molecule has 0 aromatic rings. The molecule has 10 heteroatoms. The maximum Gasteiger partial charge on any atom is 0.379 e. The number of halogens is 6. The summed E-state index contributed by atoms with van der Waals surface area (Å²) in [6.07, 6.45) is -8.16. The van der Waals surface area contributed by atoms with Crippen molar-refractivity contribution in [3.8, 4) is 0 Å². The summed E-state index contributed by atoms with van der Waals surface area (Å²) in [5, 5.41) is 2.28. The first-order valence-corrected chi connectivity index (χ1v) is 5.27. The van der Waals surface area contributed by atoms with Crippen LogP contribution in [0.3, 0.4) is 0 Å². The maximum absolute atomic E-state index is 12.9. The molecule has 0 aliphatic heterocycles. The average Bonchev–Trinajstić information content (AvgIpc) is 2.21. The van der Waals surface area contributed by atoms with Crippen LogP contribution in [0.4, 0.5) is 26.3 Å². The summed E-state index contributed by atoms with van der Waals surface area (Å²) in [6, 6.07) is -4.28. The molecule has 0 aromatic heterocycles. The zero-order valence-corrected chi connectivity index (χ0v) is 10.4. The largest absolute Gasteiger partial charge is 0.379 e. The van der Waals surface area contributed by atoms with Crippen LogP contribution in [0.15, 0.2) is 0 Å². The molecule has 0 heterocycles. The number of ether oxygens (including phenoxy) is 2. The molecular formula is C9H16F6N2O2. The van der Waals surface area contributed by atoms with Crippen LogP contribution in [0.25, 0.3) is 0 Å². The van der Waals surface area contributed by atoms with E-state index in [-0.39, 0.29) is 6.04 Å². The maximum atomic E-state index is 12.9. The van der Waals surface area contributed by atoms with Crippen molar-refractivity contribution in [2.24, 2.45) is 5.73 Å². The SMILES string of the molecule is CC(C)NCC(F)(F)OCC(F)(F)OCC(N)(F)F. The van der Waals surface area contributed by atoms with Gasteiger partial charge in [0.1, 0.15) is 13.2 Å². The van der Waals surface area contributed by atoms with Gasteiger partial charge in [-0.25, -0.2) is 0 Å². The Morgan fingerprint density at radius 1 is 0.947 bits per heavy atom. The van der Waals surface area contributed by atoms with Gasteiger partial charge in [-0.1, -0.05) is 13.8 Å². The van der Waals surface area contributed by atoms with E-state index < -0.39 is 38.0 Å². The van der Waals surface area contributed by atoms with Crippen molar-refractivity contribution >= 4 is 0 Å². The van der Waals surface area contributed by atoms with Gasteiger partial charge < -0.3 is 14.8 Å². The zero-order valence-electron chi connectivity index (χ0n) is 10.4. The molecule has 0 atom stereocenters. The lowest BCUT2D eigenvalue weighted by Gasteiger charge is -2.23. The highest BCUT2D eigenvalue weighted by Crippen LogP contribution is 2.23. The number of rotatable bonds is 9. The molecule has 0 radical (unpaired) electrons. The fourth-order valence-electron chi connectivity index (χ4n) is 0.807. The lowest BCUT2D eigenvalue weighted by atomic mass is 10.4. The van der Waals surface area contributed by atoms with Crippen LogP contribution in [0.1, 0.15) is 13.8 Å². The molecule has 0 aliphatic carbocycles. The second-order valence-corrected chi connectivity index (χ2v) is 4.15. The Bertz CT molecular complexity index is 270. The highest BCUT2D eigenvalue weighted by Gasteiger charge is 2.40. The van der Waals surface area contributed by atoms with Gasteiger partial charge in [0.25, 0.3) is 0 Å². The van der Waals surface area contributed by atoms with Gasteiger partial charge in [-0.2, -0.15) is 26.3 Å². The smallest absolute Gasteiger partial charge is 0.311 e. The minimum atomic E-state index is -4.29. The van der Waals surface area contributed by atoms with Crippen LogP contribution in [0, 0.1) is 0 Å². The molecule has 0 amide bonds. The first-order valence-electron chi connectivity index (χ1n) is 5.27. The highest BCUT2D eigenvalue weighted by atomic mass is 19.3. The normalized spacial score (nSPS) is 14.2. The summed E-state index contributed by atoms with van der Waals surface area (Å²) in [5.41, 5.74) is 4.11. The van der Waals surface area contributed by atoms with Gasteiger partial charge in [0.15, 0.2) is 0 Å². The summed E-state index contributed by atoms with van der Waals surface area (Å²) < 4.78 is 82.7. The Morgan fingerprint density at radius 2 is 1.42 bits per heavy atom. The van der Waals surface area contributed by atoms with Crippen molar-refractivity contribution < 1.29 is 35.8 Å². The lowest BCUT2D eigenvalue weighted by Crippen LogP contribution is -2.43. The molecule has 3 N–H and O–H groups in total. The van der Waals surface area contributed by atoms with E-state index in [1.165, 1.54) is 0 Å². The van der Waals surface area contributed by atoms with Crippen LogP contribution in [-0.2, 0) is 9.47 Å². The van der Waals surface area contributed by atoms with Gasteiger partial charge in [-0.05, 0) is 0 Å². The molecule has 0 unspecified atom stereocenters. The fraction of sp³-hybridized carbons (Fsp3) is 1.00. The second kappa shape index (κ2) is 6.73. The van der Waals surface area contributed by atoms with Gasteiger partial charge in [-0.3, -0.25) is 5.73 Å². The van der Waals surface area contributed by atoms with Gasteiger partial charge in [-0.15, -0.1) is 0 Å². The third kappa shape index (κ3) is 11.0. The number of nitrogens with two attached hydrogens (primary N) is 1. The summed E-state index contributed by atoms with van der Waals surface area (Å²) >= 11 is 0. The second-order valence-electron chi connectivity index (χ2n) is 4.15. The Kier molecular flexibility index (Phi) is 6.52. The lowest BCUT2D eigenvalue weighted by molar-refractivity contribution is -0.330. The quantitative estimate of drug-likeness (QED) is 0.503. The minimum Gasteiger partial charge on any atom is -0.311 e. The van der Waals surface area contributed by atoms with E-state index >= 15 is 0 Å². The molecule has 19 heavy (non-hydrogen) atoms. The van der Waals surface area contributed by atoms with E-state index in [4.69, 9.17) is 0 Å². The van der Waals surface area contributed by atoms with E-state index in [2.05, 4.69) is 20.5 Å². The Hall–Kier alpha value is -0.580. The fourth-order valence-corrected chi connectivity index (χ4v) is 0.807. The topological polar surface area (TPSA) is 56.5 Å². The molecule has 0 spiro atoms. The Morgan fingerprint density at radius 3 is 1.84 bits per heavy atom. The minimum absolute atomic E-state index is 0.304. The molecular weight excluding hydrogens is 282 g/mol. The van der Waals surface area contributed by atoms with Crippen LogP contribution >= 0.6 is 0 Å². The first kappa shape index (κ1) is 18.4. The molecule has 0 aliphatic rings. The summed E-state index contributed by atoms with van der Waals surface area (Å²) in [7, 11) is 0. The van der Waals surface area contributed by atoms with Crippen LogP contribution in [0.5, 0.6) is 0 Å². The predicted molar refractivity (Wildman–Crippen MR) is 54.1 cm³/mol. The van der Waals surface area contributed by atoms with Gasteiger partial charge in [0.2, 0.25) is 0 Å². The highest BCUT2D eigenvalue weighted by molar-refractivity contribution is 4.64. The van der Waals surface area contributed by atoms with E-state index in [9.17, 15) is 26.3 Å². The predicted octanol–water partition coefficient (Wildman–Crippen LogP) is 1.75. The van der Waals surface area contributed by atoms with Crippen molar-refractivity contribution in [2.45, 2.75) is 38.2 Å². The Balaban J connectivity index is 4.14. The van der Waals surface area contributed by atoms with Crippen molar-refractivity contribution in [3.63, 3.8) is 0 Å². The van der Waals surface area contributed by atoms with E-state index in [1.54, 1.807) is 13.8 Å². The molecule has 0 aromatic carbocycles. The average molecular weight is 298 g/mol. The number of hydrogen-bond acceptors (Lipinski definition) is 4. The summed E-state index contributed by atoms with van der Waals surface area (Å²) in [4.78, 5) is 0. The monoisotopic (exact) mass is 298 g/mol. The standard InChI is InChI=1S/C9H16F6N2O2/c1-6(2)17-3-8(12,13)19-5-9(14,15)18-4-7(10,11)16/h6,17H,3-5,16H2,1-2H3. The van der Waals surface area contributed by atoms with Crippen LogP contribution in [-0.4, -0.2) is 44.1 Å².